The van der Waals surface area contributed by atoms with Gasteiger partial charge in [-0.05, 0) is 18.2 Å². The Balaban J connectivity index is 2.04. The normalized spacial score (nSPS) is 9.96. The molecule has 0 radical (unpaired) electrons. The van der Waals surface area contributed by atoms with Crippen LogP contribution in [0.4, 0.5) is 22.7 Å². The van der Waals surface area contributed by atoms with E-state index in [2.05, 4.69) is 10.6 Å². The molecule has 0 aromatic heterocycles. The predicted molar refractivity (Wildman–Crippen MR) is 89.9 cm³/mol. The standard InChI is InChI=1S/C15H14N4O6/c1-25-12-5-6-13(14(8-12)19(23)24)17-15(20)9-16-10-3-2-4-11(7-10)18(21)22/h2-8,16H,9H2,1H3,(H,17,20). The highest BCUT2D eigenvalue weighted by molar-refractivity contribution is 5.95. The number of ether oxygens (including phenoxy) is 1. The monoisotopic (exact) mass is 346 g/mol. The minimum Gasteiger partial charge on any atom is -0.496 e. The number of nitrogens with one attached hydrogen (secondary N) is 2. The smallest absolute Gasteiger partial charge is 0.296 e. The SMILES string of the molecule is COc1ccc(NC(=O)CNc2cccc([N+](=O)[O-])c2)c([N+](=O)[O-])c1. The van der Waals surface area contributed by atoms with Crippen LogP contribution in [0.1, 0.15) is 0 Å². The molecule has 25 heavy (non-hydrogen) atoms. The van der Waals surface area contributed by atoms with E-state index in [1.54, 1.807) is 6.07 Å². The first-order valence-corrected chi connectivity index (χ1v) is 7.01. The molecule has 2 rings (SSSR count). The van der Waals surface area contributed by atoms with Crippen molar-refractivity contribution in [3.63, 3.8) is 0 Å². The van der Waals surface area contributed by atoms with Crippen LogP contribution in [-0.2, 0) is 4.79 Å². The van der Waals surface area contributed by atoms with Gasteiger partial charge in [-0.3, -0.25) is 25.0 Å². The second-order valence-electron chi connectivity index (χ2n) is 4.85. The average Bonchev–Trinajstić information content (AvgIpc) is 2.60. The van der Waals surface area contributed by atoms with Gasteiger partial charge in [0, 0.05) is 17.8 Å². The number of hydrogen-bond acceptors (Lipinski definition) is 7. The first kappa shape index (κ1) is 17.7. The van der Waals surface area contributed by atoms with Crippen molar-refractivity contribution < 1.29 is 19.4 Å². The zero-order valence-corrected chi connectivity index (χ0v) is 13.1. The van der Waals surface area contributed by atoms with Crippen molar-refractivity contribution in [3.05, 3.63) is 62.7 Å². The minimum atomic E-state index is -0.633. The number of carbonyl (C=O) groups is 1. The van der Waals surface area contributed by atoms with Gasteiger partial charge in [-0.25, -0.2) is 0 Å². The highest BCUT2D eigenvalue weighted by Gasteiger charge is 2.17. The molecule has 0 spiro atoms. The Morgan fingerprint density at radius 3 is 2.52 bits per heavy atom. The molecule has 0 atom stereocenters. The van der Waals surface area contributed by atoms with Gasteiger partial charge in [-0.15, -0.1) is 0 Å². The lowest BCUT2D eigenvalue weighted by Crippen LogP contribution is -2.22. The number of non-ortho nitro benzene ring substituents is 1. The number of benzene rings is 2. The maximum absolute atomic E-state index is 12.0. The lowest BCUT2D eigenvalue weighted by atomic mass is 10.2. The Kier molecular flexibility index (Phi) is 5.46. The molecule has 130 valence electrons. The minimum absolute atomic E-state index is 0.0247. The molecule has 2 N–H and O–H groups in total. The van der Waals surface area contributed by atoms with Crippen molar-refractivity contribution in [1.29, 1.82) is 0 Å². The number of nitro groups is 2. The molecule has 2 aromatic rings. The van der Waals surface area contributed by atoms with Crippen molar-refractivity contribution in [2.75, 3.05) is 24.3 Å². The quantitative estimate of drug-likeness (QED) is 0.580. The molecule has 0 unspecified atom stereocenters. The van der Waals surface area contributed by atoms with Crippen LogP contribution in [0.2, 0.25) is 0 Å². The van der Waals surface area contributed by atoms with Crippen LogP contribution in [0.3, 0.4) is 0 Å². The van der Waals surface area contributed by atoms with Crippen LogP contribution in [0.5, 0.6) is 5.75 Å². The highest BCUT2D eigenvalue weighted by atomic mass is 16.6. The van der Waals surface area contributed by atoms with Gasteiger partial charge in [-0.1, -0.05) is 6.07 Å². The molecule has 0 bridgehead atoms. The van der Waals surface area contributed by atoms with Crippen molar-refractivity contribution in [3.8, 4) is 5.75 Å². The van der Waals surface area contributed by atoms with Crippen LogP contribution < -0.4 is 15.4 Å². The third kappa shape index (κ3) is 4.64. The van der Waals surface area contributed by atoms with E-state index in [-0.39, 0.29) is 23.6 Å². The second-order valence-corrected chi connectivity index (χ2v) is 4.85. The topological polar surface area (TPSA) is 137 Å². The molecule has 0 aliphatic heterocycles. The molecular formula is C15H14N4O6. The molecule has 2 aromatic carbocycles. The molecule has 0 aliphatic rings. The fourth-order valence-corrected chi connectivity index (χ4v) is 2.00. The lowest BCUT2D eigenvalue weighted by molar-refractivity contribution is -0.384. The summed E-state index contributed by atoms with van der Waals surface area (Å²) in [6, 6.07) is 9.69. The largest absolute Gasteiger partial charge is 0.496 e. The molecule has 10 heteroatoms. The molecule has 0 saturated carbocycles. The van der Waals surface area contributed by atoms with E-state index in [1.165, 1.54) is 43.5 Å². The summed E-state index contributed by atoms with van der Waals surface area (Å²) in [5, 5.41) is 26.9. The van der Waals surface area contributed by atoms with Crippen LogP contribution in [-0.4, -0.2) is 29.4 Å². The van der Waals surface area contributed by atoms with Gasteiger partial charge in [0.2, 0.25) is 5.91 Å². The van der Waals surface area contributed by atoms with Crippen LogP contribution in [0, 0.1) is 20.2 Å². The number of nitrogens with zero attached hydrogens (tertiary/aromatic N) is 2. The summed E-state index contributed by atoms with van der Waals surface area (Å²) in [6.07, 6.45) is 0. The van der Waals surface area contributed by atoms with Crippen molar-refractivity contribution in [2.24, 2.45) is 0 Å². The summed E-state index contributed by atoms with van der Waals surface area (Å²) in [5.74, 6) is -0.251. The van der Waals surface area contributed by atoms with E-state index < -0.39 is 15.8 Å². The van der Waals surface area contributed by atoms with Gasteiger partial charge in [0.15, 0.2) is 0 Å². The second kappa shape index (κ2) is 7.73. The van der Waals surface area contributed by atoms with Crippen LogP contribution >= 0.6 is 0 Å². The summed E-state index contributed by atoms with van der Waals surface area (Å²) in [4.78, 5) is 32.6. The van der Waals surface area contributed by atoms with Gasteiger partial charge in [0.25, 0.3) is 11.4 Å². The third-order valence-electron chi connectivity index (χ3n) is 3.19. The number of nitro benzene ring substituents is 2. The molecular weight excluding hydrogens is 332 g/mol. The van der Waals surface area contributed by atoms with E-state index in [9.17, 15) is 25.0 Å². The zero-order valence-electron chi connectivity index (χ0n) is 13.1. The maximum atomic E-state index is 12.0. The zero-order chi connectivity index (χ0) is 18.4. The fourth-order valence-electron chi connectivity index (χ4n) is 2.00. The maximum Gasteiger partial charge on any atom is 0.296 e. The van der Waals surface area contributed by atoms with Gasteiger partial charge in [-0.2, -0.15) is 0 Å². The number of rotatable bonds is 7. The molecule has 10 nitrogen and oxygen atoms in total. The number of carbonyl (C=O) groups excluding carboxylic acids is 1. The Bertz CT molecular complexity index is 823. The predicted octanol–water partition coefficient (Wildman–Crippen LogP) is 2.56. The Morgan fingerprint density at radius 2 is 1.88 bits per heavy atom. The molecule has 0 fully saturated rings. The number of anilines is 2. The Morgan fingerprint density at radius 1 is 1.12 bits per heavy atom. The summed E-state index contributed by atoms with van der Waals surface area (Å²) in [5.41, 5.74) is -0.00975. The Hall–Kier alpha value is -3.69. The summed E-state index contributed by atoms with van der Waals surface area (Å²) < 4.78 is 4.92. The fraction of sp³-hybridized carbons (Fsp3) is 0.133. The summed E-state index contributed by atoms with van der Waals surface area (Å²) >= 11 is 0. The molecule has 0 saturated heterocycles. The van der Waals surface area contributed by atoms with Gasteiger partial charge in [0.1, 0.15) is 11.4 Å². The van der Waals surface area contributed by atoms with E-state index in [4.69, 9.17) is 4.74 Å². The highest BCUT2D eigenvalue weighted by Crippen LogP contribution is 2.28. The number of methoxy groups -OCH3 is 1. The molecule has 0 aliphatic carbocycles. The van der Waals surface area contributed by atoms with E-state index in [0.29, 0.717) is 11.4 Å². The third-order valence-corrected chi connectivity index (χ3v) is 3.19. The Labute approximate surface area is 141 Å². The van der Waals surface area contributed by atoms with E-state index >= 15 is 0 Å². The molecule has 1 amide bonds. The van der Waals surface area contributed by atoms with Crippen LogP contribution in [0.25, 0.3) is 0 Å². The number of amides is 1. The van der Waals surface area contributed by atoms with Gasteiger partial charge in [0.05, 0.1) is 29.6 Å². The van der Waals surface area contributed by atoms with Crippen molar-refractivity contribution in [2.45, 2.75) is 0 Å². The van der Waals surface area contributed by atoms with E-state index in [1.807, 2.05) is 0 Å². The van der Waals surface area contributed by atoms with E-state index in [0.717, 1.165) is 0 Å². The first-order chi connectivity index (χ1) is 11.9. The van der Waals surface area contributed by atoms with Crippen molar-refractivity contribution >= 4 is 28.7 Å². The van der Waals surface area contributed by atoms with Gasteiger partial charge >= 0.3 is 0 Å². The average molecular weight is 346 g/mol. The summed E-state index contributed by atoms with van der Waals surface area (Å²) in [6.45, 7) is -0.218. The summed E-state index contributed by atoms with van der Waals surface area (Å²) in [7, 11) is 1.38. The van der Waals surface area contributed by atoms with Gasteiger partial charge < -0.3 is 15.4 Å². The first-order valence-electron chi connectivity index (χ1n) is 7.01. The number of hydrogen-bond donors (Lipinski definition) is 2. The van der Waals surface area contributed by atoms with Crippen molar-refractivity contribution in [1.82, 2.24) is 0 Å². The van der Waals surface area contributed by atoms with Crippen LogP contribution in [0.15, 0.2) is 42.5 Å². The lowest BCUT2D eigenvalue weighted by Gasteiger charge is -2.09. The molecule has 0 heterocycles.